The summed E-state index contributed by atoms with van der Waals surface area (Å²) in [6.45, 7) is 2.85. The molecule has 23 heavy (non-hydrogen) atoms. The van der Waals surface area contributed by atoms with E-state index in [-0.39, 0.29) is 5.91 Å². The largest absolute Gasteiger partial charge is 0.349 e. The molecule has 3 rings (SSSR count). The van der Waals surface area contributed by atoms with E-state index in [0.717, 1.165) is 29.5 Å². The average Bonchev–Trinajstić information content (AvgIpc) is 3.19. The fourth-order valence-electron chi connectivity index (χ4n) is 2.75. The fraction of sp³-hybridized carbons (Fsp3) is 0.438. The number of aromatic nitrogens is 3. The minimum absolute atomic E-state index is 0.0679. The molecule has 2 aromatic heterocycles. The van der Waals surface area contributed by atoms with Crippen LogP contribution in [0.2, 0.25) is 0 Å². The maximum Gasteiger partial charge on any atom is 0.254 e. The summed E-state index contributed by atoms with van der Waals surface area (Å²) in [6, 6.07) is 2.11. The Morgan fingerprint density at radius 1 is 1.39 bits per heavy atom. The van der Waals surface area contributed by atoms with Gasteiger partial charge < -0.3 is 10.6 Å². The van der Waals surface area contributed by atoms with Crippen molar-refractivity contribution in [1.82, 2.24) is 20.1 Å². The summed E-state index contributed by atoms with van der Waals surface area (Å²) in [5.74, 6) is 0.603. The lowest BCUT2D eigenvalue weighted by Gasteiger charge is -2.13. The van der Waals surface area contributed by atoms with Crippen LogP contribution in [0.1, 0.15) is 43.0 Å². The molecule has 0 saturated heterocycles. The Balaban J connectivity index is 1.68. The van der Waals surface area contributed by atoms with E-state index in [0.29, 0.717) is 17.4 Å². The topological polar surface area (TPSA) is 71.8 Å². The fourth-order valence-corrected chi connectivity index (χ4v) is 3.25. The average molecular weight is 378 g/mol. The molecule has 1 fully saturated rings. The number of carbonyl (C=O) groups excluding carboxylic acids is 1. The second kappa shape index (κ2) is 7.12. The first-order chi connectivity index (χ1) is 11.2. The molecular formula is C16H20BrN5O. The van der Waals surface area contributed by atoms with E-state index in [2.05, 4.69) is 36.6 Å². The normalized spacial score (nSPS) is 14.9. The van der Waals surface area contributed by atoms with Crippen LogP contribution >= 0.6 is 15.9 Å². The molecule has 6 nitrogen and oxygen atoms in total. The number of nitrogens with zero attached hydrogens (tertiary/aromatic N) is 3. The van der Waals surface area contributed by atoms with Crippen molar-refractivity contribution < 1.29 is 4.79 Å². The number of hydrogen-bond acceptors (Lipinski definition) is 4. The summed E-state index contributed by atoms with van der Waals surface area (Å²) in [5, 5.41) is 10.5. The van der Waals surface area contributed by atoms with E-state index in [4.69, 9.17) is 0 Å². The molecule has 0 atom stereocenters. The van der Waals surface area contributed by atoms with Crippen LogP contribution < -0.4 is 10.6 Å². The van der Waals surface area contributed by atoms with Gasteiger partial charge in [0.15, 0.2) is 0 Å². The third kappa shape index (κ3) is 3.90. The Labute approximate surface area is 143 Å². The van der Waals surface area contributed by atoms with Crippen LogP contribution in [0.5, 0.6) is 0 Å². The second-order valence-corrected chi connectivity index (χ2v) is 6.57. The summed E-state index contributed by atoms with van der Waals surface area (Å²) < 4.78 is 2.56. The van der Waals surface area contributed by atoms with Gasteiger partial charge in [0.25, 0.3) is 5.91 Å². The Kier molecular flexibility index (Phi) is 4.95. The summed E-state index contributed by atoms with van der Waals surface area (Å²) in [6.07, 6.45) is 9.78. The number of aryl methyl sites for hydroxylation is 1. The molecule has 0 bridgehead atoms. The van der Waals surface area contributed by atoms with Crippen LogP contribution in [-0.2, 0) is 6.54 Å². The van der Waals surface area contributed by atoms with E-state index in [9.17, 15) is 4.79 Å². The Morgan fingerprint density at radius 3 is 2.83 bits per heavy atom. The van der Waals surface area contributed by atoms with Crippen molar-refractivity contribution >= 4 is 33.3 Å². The van der Waals surface area contributed by atoms with E-state index < -0.39 is 0 Å². The first kappa shape index (κ1) is 16.0. The standard InChI is InChI=1S/C16H20BrN5O/c1-2-22-10-12(8-19-22)20-15-7-14(17)13(9-18-15)16(23)21-11-5-3-4-6-11/h7-11H,2-6H2,1H3,(H,18,20)(H,21,23). The van der Waals surface area contributed by atoms with Crippen molar-refractivity contribution in [3.63, 3.8) is 0 Å². The van der Waals surface area contributed by atoms with Gasteiger partial charge in [0, 0.05) is 29.5 Å². The molecule has 2 heterocycles. The lowest BCUT2D eigenvalue weighted by molar-refractivity contribution is 0.0937. The van der Waals surface area contributed by atoms with Crippen molar-refractivity contribution in [3.05, 3.63) is 34.7 Å². The van der Waals surface area contributed by atoms with Gasteiger partial charge in [-0.1, -0.05) is 12.8 Å². The highest BCUT2D eigenvalue weighted by Crippen LogP contribution is 2.23. The van der Waals surface area contributed by atoms with Gasteiger partial charge in [0.2, 0.25) is 0 Å². The number of hydrogen-bond donors (Lipinski definition) is 2. The van der Waals surface area contributed by atoms with Crippen LogP contribution in [-0.4, -0.2) is 26.7 Å². The van der Waals surface area contributed by atoms with E-state index in [1.807, 2.05) is 23.9 Å². The van der Waals surface area contributed by atoms with Crippen LogP contribution in [0.4, 0.5) is 11.5 Å². The van der Waals surface area contributed by atoms with Crippen molar-refractivity contribution in [1.29, 1.82) is 0 Å². The SMILES string of the molecule is CCn1cc(Nc2cc(Br)c(C(=O)NC3CCCC3)cn2)cn1. The number of anilines is 2. The van der Waals surface area contributed by atoms with Gasteiger partial charge in [-0.3, -0.25) is 9.48 Å². The van der Waals surface area contributed by atoms with Gasteiger partial charge in [-0.15, -0.1) is 0 Å². The molecule has 0 radical (unpaired) electrons. The first-order valence-electron chi connectivity index (χ1n) is 7.91. The van der Waals surface area contributed by atoms with Crippen LogP contribution in [0.25, 0.3) is 0 Å². The Bertz CT molecular complexity index is 694. The van der Waals surface area contributed by atoms with Crippen molar-refractivity contribution in [2.75, 3.05) is 5.32 Å². The summed E-state index contributed by atoms with van der Waals surface area (Å²) in [4.78, 5) is 16.6. The van der Waals surface area contributed by atoms with Crippen molar-refractivity contribution in [2.45, 2.75) is 45.2 Å². The number of halogens is 1. The van der Waals surface area contributed by atoms with Gasteiger partial charge in [-0.25, -0.2) is 4.98 Å². The zero-order chi connectivity index (χ0) is 16.2. The molecule has 0 spiro atoms. The van der Waals surface area contributed by atoms with E-state index >= 15 is 0 Å². The van der Waals surface area contributed by atoms with Gasteiger partial charge in [-0.05, 0) is 41.8 Å². The predicted octanol–water partition coefficient (Wildman–Crippen LogP) is 3.48. The van der Waals surface area contributed by atoms with Crippen molar-refractivity contribution in [2.24, 2.45) is 0 Å². The van der Waals surface area contributed by atoms with E-state index in [1.54, 1.807) is 12.4 Å². The van der Waals surface area contributed by atoms with Gasteiger partial charge in [0.1, 0.15) is 5.82 Å². The first-order valence-corrected chi connectivity index (χ1v) is 8.71. The number of pyridine rings is 1. The monoisotopic (exact) mass is 377 g/mol. The highest BCUT2D eigenvalue weighted by molar-refractivity contribution is 9.10. The van der Waals surface area contributed by atoms with Crippen molar-refractivity contribution in [3.8, 4) is 0 Å². The summed E-state index contributed by atoms with van der Waals surface area (Å²) in [5.41, 5.74) is 1.43. The third-order valence-electron chi connectivity index (χ3n) is 4.02. The lowest BCUT2D eigenvalue weighted by atomic mass is 10.2. The quantitative estimate of drug-likeness (QED) is 0.836. The molecule has 0 aliphatic heterocycles. The number of carbonyl (C=O) groups is 1. The molecule has 1 aliphatic rings. The second-order valence-electron chi connectivity index (χ2n) is 5.71. The molecule has 2 N–H and O–H groups in total. The molecule has 1 saturated carbocycles. The number of amides is 1. The number of nitrogens with one attached hydrogen (secondary N) is 2. The molecule has 1 aliphatic carbocycles. The Hall–Kier alpha value is -1.89. The summed E-state index contributed by atoms with van der Waals surface area (Å²) >= 11 is 3.47. The molecule has 7 heteroatoms. The zero-order valence-electron chi connectivity index (χ0n) is 13.1. The maximum atomic E-state index is 12.3. The number of rotatable bonds is 5. The molecule has 1 amide bonds. The zero-order valence-corrected chi connectivity index (χ0v) is 14.6. The maximum absolute atomic E-state index is 12.3. The minimum Gasteiger partial charge on any atom is -0.349 e. The molecule has 0 aromatic carbocycles. The van der Waals surface area contributed by atoms with Crippen LogP contribution in [0.15, 0.2) is 29.1 Å². The molecule has 122 valence electrons. The van der Waals surface area contributed by atoms with E-state index in [1.165, 1.54) is 12.8 Å². The van der Waals surface area contributed by atoms with Crippen LogP contribution in [0.3, 0.4) is 0 Å². The van der Waals surface area contributed by atoms with Crippen LogP contribution in [0, 0.1) is 0 Å². The predicted molar refractivity (Wildman–Crippen MR) is 92.8 cm³/mol. The molecule has 0 unspecified atom stereocenters. The molecular weight excluding hydrogens is 358 g/mol. The third-order valence-corrected chi connectivity index (χ3v) is 4.67. The lowest BCUT2D eigenvalue weighted by Crippen LogP contribution is -2.32. The smallest absolute Gasteiger partial charge is 0.254 e. The molecule has 2 aromatic rings. The highest BCUT2D eigenvalue weighted by Gasteiger charge is 2.19. The highest BCUT2D eigenvalue weighted by atomic mass is 79.9. The van der Waals surface area contributed by atoms with Gasteiger partial charge in [0.05, 0.1) is 17.4 Å². The Morgan fingerprint density at radius 2 is 2.17 bits per heavy atom. The van der Waals surface area contributed by atoms with Gasteiger partial charge >= 0.3 is 0 Å². The summed E-state index contributed by atoms with van der Waals surface area (Å²) in [7, 11) is 0. The van der Waals surface area contributed by atoms with Gasteiger partial charge in [-0.2, -0.15) is 5.10 Å². The minimum atomic E-state index is -0.0679.